The Hall–Kier alpha value is -2.33. The average Bonchev–Trinajstić information content (AvgIpc) is 3.08. The van der Waals surface area contributed by atoms with Crippen molar-refractivity contribution < 1.29 is 17.9 Å². The molecule has 2 unspecified atom stereocenters. The Kier molecular flexibility index (Phi) is 5.76. The van der Waals surface area contributed by atoms with Crippen LogP contribution in [0.5, 0.6) is 5.75 Å². The molecule has 2 saturated carbocycles. The summed E-state index contributed by atoms with van der Waals surface area (Å²) in [5, 5.41) is 8.22. The van der Waals surface area contributed by atoms with E-state index in [0.717, 1.165) is 19.6 Å². The summed E-state index contributed by atoms with van der Waals surface area (Å²) in [7, 11) is 0. The maximum absolute atomic E-state index is 12.7. The van der Waals surface area contributed by atoms with Gasteiger partial charge in [0, 0.05) is 48.5 Å². The first-order valence-electron chi connectivity index (χ1n) is 11.8. The van der Waals surface area contributed by atoms with Gasteiger partial charge in [0.25, 0.3) is 0 Å². The van der Waals surface area contributed by atoms with Crippen LogP contribution >= 0.6 is 0 Å². The molecule has 2 aromatic rings. The van der Waals surface area contributed by atoms with Gasteiger partial charge in [0.1, 0.15) is 0 Å². The summed E-state index contributed by atoms with van der Waals surface area (Å²) in [6, 6.07) is 4.09. The highest BCUT2D eigenvalue weighted by Crippen LogP contribution is 2.64. The minimum absolute atomic E-state index is 0.148. The topological polar surface area (TPSA) is 81.2 Å². The predicted octanol–water partition coefficient (Wildman–Crippen LogP) is 3.79. The van der Waals surface area contributed by atoms with Gasteiger partial charge in [0.15, 0.2) is 11.6 Å². The monoisotopic (exact) mass is 464 g/mol. The average molecular weight is 465 g/mol. The maximum atomic E-state index is 12.7. The van der Waals surface area contributed by atoms with E-state index in [1.54, 1.807) is 0 Å². The van der Waals surface area contributed by atoms with Crippen LogP contribution in [0.15, 0.2) is 18.3 Å². The van der Waals surface area contributed by atoms with E-state index in [2.05, 4.69) is 33.8 Å². The van der Waals surface area contributed by atoms with E-state index in [1.807, 2.05) is 10.7 Å². The summed E-state index contributed by atoms with van der Waals surface area (Å²) in [4.78, 5) is 6.55. The molecule has 2 aromatic heterocycles. The summed E-state index contributed by atoms with van der Waals surface area (Å²) >= 11 is 0. The van der Waals surface area contributed by atoms with Crippen LogP contribution < -0.4 is 15.8 Å². The number of nitrogens with two attached hydrogens (primary N) is 1. The molecular formula is C23H31F3N6O. The van der Waals surface area contributed by atoms with Crippen molar-refractivity contribution >= 4 is 5.82 Å². The Bertz CT molecular complexity index is 987. The SMILES string of the molecule is CC(C)n1nc(-c2cnc(N)c(OC(F)(F)F)c2)cc1C1[C@H]2CC(N3CCCNCC3)C[C@@H]12. The van der Waals surface area contributed by atoms with Crippen molar-refractivity contribution in [3.05, 3.63) is 24.0 Å². The van der Waals surface area contributed by atoms with Crippen LogP contribution in [0.4, 0.5) is 19.0 Å². The highest BCUT2D eigenvalue weighted by atomic mass is 19.4. The number of anilines is 1. The van der Waals surface area contributed by atoms with E-state index in [0.29, 0.717) is 35.1 Å². The number of ether oxygens (including phenoxy) is 1. The number of nitrogens with zero attached hydrogens (tertiary/aromatic N) is 4. The molecule has 10 heteroatoms. The van der Waals surface area contributed by atoms with Crippen molar-refractivity contribution in [2.75, 3.05) is 31.9 Å². The van der Waals surface area contributed by atoms with Gasteiger partial charge in [-0.3, -0.25) is 9.58 Å². The lowest BCUT2D eigenvalue weighted by Crippen LogP contribution is -2.37. The summed E-state index contributed by atoms with van der Waals surface area (Å²) in [5.74, 6) is 0.969. The molecule has 0 bridgehead atoms. The minimum Gasteiger partial charge on any atom is -0.402 e. The number of fused-ring (bicyclic) bond motifs is 1. The molecule has 1 saturated heterocycles. The molecule has 5 rings (SSSR count). The van der Waals surface area contributed by atoms with Crippen molar-refractivity contribution in [1.29, 1.82) is 0 Å². The molecule has 0 radical (unpaired) electrons. The smallest absolute Gasteiger partial charge is 0.402 e. The van der Waals surface area contributed by atoms with E-state index in [4.69, 9.17) is 10.8 Å². The van der Waals surface area contributed by atoms with E-state index in [-0.39, 0.29) is 11.9 Å². The van der Waals surface area contributed by atoms with Gasteiger partial charge in [0.05, 0.1) is 5.69 Å². The summed E-state index contributed by atoms with van der Waals surface area (Å²) in [6.07, 6.45) is 0.241. The lowest BCUT2D eigenvalue weighted by atomic mass is 10.0. The van der Waals surface area contributed by atoms with Crippen LogP contribution in [0.2, 0.25) is 0 Å². The molecule has 7 nitrogen and oxygen atoms in total. The van der Waals surface area contributed by atoms with Crippen molar-refractivity contribution in [3.8, 4) is 17.0 Å². The zero-order chi connectivity index (χ0) is 23.3. The van der Waals surface area contributed by atoms with Gasteiger partial charge in [-0.15, -0.1) is 13.2 Å². The third kappa shape index (κ3) is 4.55. The summed E-state index contributed by atoms with van der Waals surface area (Å²) in [6.45, 7) is 8.60. The summed E-state index contributed by atoms with van der Waals surface area (Å²) < 4.78 is 44.3. The molecule has 0 amide bonds. The van der Waals surface area contributed by atoms with Gasteiger partial charge in [-0.25, -0.2) is 4.98 Å². The van der Waals surface area contributed by atoms with E-state index in [1.165, 1.54) is 43.8 Å². The lowest BCUT2D eigenvalue weighted by molar-refractivity contribution is -0.274. The number of hydrogen-bond acceptors (Lipinski definition) is 6. The highest BCUT2D eigenvalue weighted by molar-refractivity contribution is 5.64. The zero-order valence-electron chi connectivity index (χ0n) is 19.0. The fourth-order valence-electron chi connectivity index (χ4n) is 5.80. The molecule has 4 atom stereocenters. The number of pyridine rings is 1. The maximum Gasteiger partial charge on any atom is 0.573 e. The number of nitrogen functional groups attached to an aromatic ring is 1. The minimum atomic E-state index is -4.83. The van der Waals surface area contributed by atoms with Crippen LogP contribution in [-0.4, -0.2) is 58.2 Å². The van der Waals surface area contributed by atoms with Crippen LogP contribution in [0, 0.1) is 11.8 Å². The molecule has 3 fully saturated rings. The van der Waals surface area contributed by atoms with Gasteiger partial charge in [0.2, 0.25) is 0 Å². The van der Waals surface area contributed by atoms with Gasteiger partial charge in [-0.05, 0) is 70.2 Å². The molecule has 3 aliphatic rings. The van der Waals surface area contributed by atoms with Crippen molar-refractivity contribution in [3.63, 3.8) is 0 Å². The van der Waals surface area contributed by atoms with Crippen molar-refractivity contribution in [2.24, 2.45) is 11.8 Å². The Morgan fingerprint density at radius 2 is 1.91 bits per heavy atom. The highest BCUT2D eigenvalue weighted by Gasteiger charge is 2.58. The van der Waals surface area contributed by atoms with Crippen LogP contribution in [0.25, 0.3) is 11.3 Å². The fourth-order valence-corrected chi connectivity index (χ4v) is 5.80. The van der Waals surface area contributed by atoms with Crippen molar-refractivity contribution in [2.45, 2.75) is 57.5 Å². The number of rotatable bonds is 5. The largest absolute Gasteiger partial charge is 0.573 e. The number of alkyl halides is 3. The molecule has 0 spiro atoms. The standard InChI is InChI=1S/C23H31F3N6O/c1-13(2)32-19(21-16-9-15(10-17(16)21)31-6-3-4-28-5-7-31)11-18(30-32)14-8-20(22(27)29-12-14)33-23(24,25)26/h8,11-13,15-17,21,28H,3-7,9-10H2,1-2H3,(H2,27,29)/t15?,16-,17+,21?. The molecule has 2 aliphatic carbocycles. The Morgan fingerprint density at radius 3 is 2.61 bits per heavy atom. The molecule has 0 aromatic carbocycles. The first-order valence-corrected chi connectivity index (χ1v) is 11.8. The van der Waals surface area contributed by atoms with Gasteiger partial charge >= 0.3 is 6.36 Å². The second kappa shape index (κ2) is 8.47. The number of nitrogens with one attached hydrogen (secondary N) is 1. The molecule has 180 valence electrons. The normalized spacial score (nSPS) is 28.1. The Morgan fingerprint density at radius 1 is 1.15 bits per heavy atom. The van der Waals surface area contributed by atoms with E-state index in [9.17, 15) is 13.2 Å². The third-order valence-corrected chi connectivity index (χ3v) is 7.31. The summed E-state index contributed by atoms with van der Waals surface area (Å²) in [5.41, 5.74) is 7.82. The fraction of sp³-hybridized carbons (Fsp3) is 0.652. The second-order valence-corrected chi connectivity index (χ2v) is 9.77. The van der Waals surface area contributed by atoms with Crippen LogP contribution in [0.3, 0.4) is 0 Å². The number of hydrogen-bond donors (Lipinski definition) is 2. The quantitative estimate of drug-likeness (QED) is 0.701. The first kappa shape index (κ1) is 22.5. The van der Waals surface area contributed by atoms with Crippen molar-refractivity contribution in [1.82, 2.24) is 25.0 Å². The Balaban J connectivity index is 1.35. The molecule has 33 heavy (non-hydrogen) atoms. The lowest BCUT2D eigenvalue weighted by Gasteiger charge is -2.29. The Labute approximate surface area is 191 Å². The zero-order valence-corrected chi connectivity index (χ0v) is 19.0. The first-order chi connectivity index (χ1) is 15.7. The van der Waals surface area contributed by atoms with Crippen LogP contribution in [0.1, 0.15) is 50.8 Å². The molecule has 3 heterocycles. The predicted molar refractivity (Wildman–Crippen MR) is 119 cm³/mol. The van der Waals surface area contributed by atoms with Gasteiger partial charge in [-0.1, -0.05) is 0 Å². The second-order valence-electron chi connectivity index (χ2n) is 9.77. The molecular weight excluding hydrogens is 433 g/mol. The van der Waals surface area contributed by atoms with Crippen LogP contribution in [-0.2, 0) is 0 Å². The van der Waals surface area contributed by atoms with E-state index < -0.39 is 12.1 Å². The molecule has 3 N–H and O–H groups in total. The van der Waals surface area contributed by atoms with Gasteiger partial charge in [-0.2, -0.15) is 5.10 Å². The molecule has 1 aliphatic heterocycles. The van der Waals surface area contributed by atoms with Gasteiger partial charge < -0.3 is 15.8 Å². The van der Waals surface area contributed by atoms with E-state index >= 15 is 0 Å². The number of aromatic nitrogens is 3. The third-order valence-electron chi connectivity index (χ3n) is 7.31. The number of halogens is 3.